The fraction of sp³-hybridized carbons (Fsp3) is 0.765. The first-order valence-electron chi connectivity index (χ1n) is 8.25. The van der Waals surface area contributed by atoms with Crippen LogP contribution in [0.2, 0.25) is 0 Å². The fourth-order valence-corrected chi connectivity index (χ4v) is 3.82. The Balaban J connectivity index is 1.57. The lowest BCUT2D eigenvalue weighted by Gasteiger charge is -2.50. The van der Waals surface area contributed by atoms with Gasteiger partial charge in [-0.05, 0) is 65.0 Å². The van der Waals surface area contributed by atoms with Crippen LogP contribution in [0.5, 0.6) is 0 Å². The second-order valence-electron chi connectivity index (χ2n) is 7.71. The highest BCUT2D eigenvalue weighted by molar-refractivity contribution is 5.35. The van der Waals surface area contributed by atoms with Gasteiger partial charge in [-0.15, -0.1) is 0 Å². The SMILES string of the molecule is CC(C)(C)N1CCC2(CCN(c3cnccn3)CC2)CC1. The summed E-state index contributed by atoms with van der Waals surface area (Å²) in [6.07, 6.45) is 10.8. The Labute approximate surface area is 128 Å². The van der Waals surface area contributed by atoms with Gasteiger partial charge in [-0.25, -0.2) is 4.98 Å². The summed E-state index contributed by atoms with van der Waals surface area (Å²) in [5, 5.41) is 0. The number of nitrogens with zero attached hydrogens (tertiary/aromatic N) is 4. The molecule has 0 N–H and O–H groups in total. The number of likely N-dealkylation sites (tertiary alicyclic amines) is 1. The van der Waals surface area contributed by atoms with Gasteiger partial charge < -0.3 is 4.90 Å². The van der Waals surface area contributed by atoms with Gasteiger partial charge in [0.25, 0.3) is 0 Å². The van der Waals surface area contributed by atoms with Gasteiger partial charge in [0.05, 0.1) is 6.20 Å². The zero-order chi connectivity index (χ0) is 14.9. The third-order valence-corrected chi connectivity index (χ3v) is 5.47. The van der Waals surface area contributed by atoms with Gasteiger partial charge in [0.2, 0.25) is 0 Å². The maximum Gasteiger partial charge on any atom is 0.147 e. The molecule has 3 rings (SSSR count). The molecule has 2 aliphatic heterocycles. The molecule has 3 heterocycles. The number of hydrogen-bond donors (Lipinski definition) is 0. The van der Waals surface area contributed by atoms with Crippen LogP contribution < -0.4 is 4.90 Å². The summed E-state index contributed by atoms with van der Waals surface area (Å²) in [5.74, 6) is 1.04. The molecule has 0 unspecified atom stereocenters. The first-order valence-corrected chi connectivity index (χ1v) is 8.25. The predicted octanol–water partition coefficient (Wildman–Crippen LogP) is 2.96. The van der Waals surface area contributed by atoms with E-state index in [2.05, 4.69) is 40.5 Å². The third kappa shape index (κ3) is 3.20. The van der Waals surface area contributed by atoms with E-state index in [1.54, 1.807) is 12.4 Å². The summed E-state index contributed by atoms with van der Waals surface area (Å²) in [6, 6.07) is 0. The average molecular weight is 288 g/mol. The van der Waals surface area contributed by atoms with Crippen LogP contribution >= 0.6 is 0 Å². The van der Waals surface area contributed by atoms with Gasteiger partial charge in [-0.2, -0.15) is 0 Å². The lowest BCUT2D eigenvalue weighted by molar-refractivity contribution is 0.0293. The summed E-state index contributed by atoms with van der Waals surface area (Å²) >= 11 is 0. The standard InChI is InChI=1S/C17H28N4/c1-16(2,3)21-12-6-17(7-13-21)4-10-20(11-5-17)15-14-18-8-9-19-15/h8-9,14H,4-7,10-13H2,1-3H3. The zero-order valence-electron chi connectivity index (χ0n) is 13.7. The molecule has 0 bridgehead atoms. The molecule has 0 amide bonds. The Hall–Kier alpha value is -1.16. The average Bonchev–Trinajstić information content (AvgIpc) is 2.48. The van der Waals surface area contributed by atoms with Crippen LogP contribution in [0, 0.1) is 5.41 Å². The Morgan fingerprint density at radius 2 is 1.57 bits per heavy atom. The van der Waals surface area contributed by atoms with Crippen molar-refractivity contribution in [3.8, 4) is 0 Å². The highest BCUT2D eigenvalue weighted by Gasteiger charge is 2.39. The Kier molecular flexibility index (Phi) is 3.91. The fourth-order valence-electron chi connectivity index (χ4n) is 3.82. The smallest absolute Gasteiger partial charge is 0.147 e. The molecule has 116 valence electrons. The molecule has 2 fully saturated rings. The lowest BCUT2D eigenvalue weighted by atomic mass is 9.70. The summed E-state index contributed by atoms with van der Waals surface area (Å²) in [7, 11) is 0. The molecule has 21 heavy (non-hydrogen) atoms. The lowest BCUT2D eigenvalue weighted by Crippen LogP contribution is -2.51. The number of piperidine rings is 2. The molecule has 1 spiro atoms. The van der Waals surface area contributed by atoms with Crippen LogP contribution in [0.1, 0.15) is 46.5 Å². The van der Waals surface area contributed by atoms with Gasteiger partial charge in [0.1, 0.15) is 5.82 Å². The summed E-state index contributed by atoms with van der Waals surface area (Å²) in [5.41, 5.74) is 0.905. The molecule has 0 aliphatic carbocycles. The number of hydrogen-bond acceptors (Lipinski definition) is 4. The van der Waals surface area contributed by atoms with Crippen molar-refractivity contribution in [2.45, 2.75) is 52.0 Å². The van der Waals surface area contributed by atoms with Crippen molar-refractivity contribution in [2.24, 2.45) is 5.41 Å². The second kappa shape index (κ2) is 5.56. The maximum atomic E-state index is 4.44. The van der Waals surface area contributed by atoms with Crippen LogP contribution in [0.4, 0.5) is 5.82 Å². The Morgan fingerprint density at radius 3 is 2.10 bits per heavy atom. The van der Waals surface area contributed by atoms with E-state index in [0.29, 0.717) is 11.0 Å². The third-order valence-electron chi connectivity index (χ3n) is 5.47. The molecule has 2 aliphatic rings. The minimum absolute atomic E-state index is 0.321. The summed E-state index contributed by atoms with van der Waals surface area (Å²) in [6.45, 7) is 11.8. The van der Waals surface area contributed by atoms with Crippen molar-refractivity contribution >= 4 is 5.82 Å². The van der Waals surface area contributed by atoms with Crippen molar-refractivity contribution in [2.75, 3.05) is 31.1 Å². The number of aromatic nitrogens is 2. The van der Waals surface area contributed by atoms with Gasteiger partial charge >= 0.3 is 0 Å². The van der Waals surface area contributed by atoms with Gasteiger partial charge in [0.15, 0.2) is 0 Å². The molecule has 4 heteroatoms. The van der Waals surface area contributed by atoms with Crippen molar-refractivity contribution in [3.05, 3.63) is 18.6 Å². The van der Waals surface area contributed by atoms with Gasteiger partial charge in [0, 0.05) is 31.0 Å². The van der Waals surface area contributed by atoms with Crippen LogP contribution in [0.15, 0.2) is 18.6 Å². The second-order valence-corrected chi connectivity index (χ2v) is 7.71. The molecular formula is C17H28N4. The van der Waals surface area contributed by atoms with E-state index in [1.807, 2.05) is 6.20 Å². The topological polar surface area (TPSA) is 32.3 Å². The van der Waals surface area contributed by atoms with E-state index < -0.39 is 0 Å². The van der Waals surface area contributed by atoms with E-state index >= 15 is 0 Å². The van der Waals surface area contributed by atoms with E-state index in [1.165, 1.54) is 38.8 Å². The number of rotatable bonds is 1. The largest absolute Gasteiger partial charge is 0.355 e. The summed E-state index contributed by atoms with van der Waals surface area (Å²) in [4.78, 5) is 13.7. The van der Waals surface area contributed by atoms with Crippen molar-refractivity contribution in [3.63, 3.8) is 0 Å². The molecule has 0 saturated carbocycles. The molecular weight excluding hydrogens is 260 g/mol. The Morgan fingerprint density at radius 1 is 0.952 bits per heavy atom. The van der Waals surface area contributed by atoms with Crippen molar-refractivity contribution in [1.29, 1.82) is 0 Å². The van der Waals surface area contributed by atoms with Crippen LogP contribution in [0.25, 0.3) is 0 Å². The normalized spacial score (nSPS) is 23.5. The molecule has 0 radical (unpaired) electrons. The maximum absolute atomic E-state index is 4.44. The first kappa shape index (κ1) is 14.8. The van der Waals surface area contributed by atoms with Crippen LogP contribution in [0.3, 0.4) is 0 Å². The zero-order valence-corrected chi connectivity index (χ0v) is 13.7. The Bertz CT molecular complexity index is 447. The highest BCUT2D eigenvalue weighted by Crippen LogP contribution is 2.42. The monoisotopic (exact) mass is 288 g/mol. The van der Waals surface area contributed by atoms with Crippen molar-refractivity contribution in [1.82, 2.24) is 14.9 Å². The molecule has 0 atom stereocenters. The number of anilines is 1. The first-order chi connectivity index (χ1) is 9.99. The van der Waals surface area contributed by atoms with Crippen LogP contribution in [-0.2, 0) is 0 Å². The quantitative estimate of drug-likeness (QED) is 0.795. The molecule has 4 nitrogen and oxygen atoms in total. The molecule has 1 aromatic rings. The molecule has 0 aromatic carbocycles. The van der Waals surface area contributed by atoms with Crippen molar-refractivity contribution < 1.29 is 0 Å². The minimum atomic E-state index is 0.321. The van der Waals surface area contributed by atoms with Crippen LogP contribution in [-0.4, -0.2) is 46.6 Å². The van der Waals surface area contributed by atoms with E-state index in [-0.39, 0.29) is 0 Å². The molecule has 1 aromatic heterocycles. The van der Waals surface area contributed by atoms with E-state index in [4.69, 9.17) is 0 Å². The predicted molar refractivity (Wildman–Crippen MR) is 86.5 cm³/mol. The highest BCUT2D eigenvalue weighted by atomic mass is 15.2. The van der Waals surface area contributed by atoms with Gasteiger partial charge in [-0.3, -0.25) is 9.88 Å². The minimum Gasteiger partial charge on any atom is -0.355 e. The van der Waals surface area contributed by atoms with Gasteiger partial charge in [-0.1, -0.05) is 0 Å². The van der Waals surface area contributed by atoms with E-state index in [0.717, 1.165) is 18.9 Å². The summed E-state index contributed by atoms with van der Waals surface area (Å²) < 4.78 is 0. The van der Waals surface area contributed by atoms with E-state index in [9.17, 15) is 0 Å². The molecule has 2 saturated heterocycles.